The van der Waals surface area contributed by atoms with E-state index in [4.69, 9.17) is 8.83 Å². The van der Waals surface area contributed by atoms with Gasteiger partial charge in [-0.2, -0.15) is 0 Å². The van der Waals surface area contributed by atoms with Gasteiger partial charge in [0, 0.05) is 67.2 Å². The van der Waals surface area contributed by atoms with Crippen LogP contribution in [0.1, 0.15) is 0 Å². The summed E-state index contributed by atoms with van der Waals surface area (Å²) in [5, 5.41) is 7.22. The summed E-state index contributed by atoms with van der Waals surface area (Å²) in [7, 11) is 0. The van der Waals surface area contributed by atoms with Gasteiger partial charge in [0.15, 0.2) is 0 Å². The number of anilines is 6. The third-order valence-electron chi connectivity index (χ3n) is 10.9. The fourth-order valence-corrected chi connectivity index (χ4v) is 8.32. The number of benzene rings is 9. The van der Waals surface area contributed by atoms with Gasteiger partial charge < -0.3 is 18.6 Å². The van der Waals surface area contributed by atoms with Gasteiger partial charge in [0.25, 0.3) is 0 Å². The molecule has 11 aromatic rings. The molecular weight excluding hydrogens is 737 g/mol. The minimum atomic E-state index is -0.362. The van der Waals surface area contributed by atoms with Crippen molar-refractivity contribution >= 4 is 99.5 Å². The van der Waals surface area contributed by atoms with E-state index in [-0.39, 0.29) is 23.3 Å². The Balaban J connectivity index is 1.15. The SMILES string of the molecule is Fc1ccc(N(c2ccc(F)cc2)c2cc3oc4cc5c(cc4c3c3ccccc23)oc2cc(N(c3ccc(F)cc3)c3ccc(F)cc3)c3ccccc3c25)cc1. The minimum absolute atomic E-state index is 0.362. The van der Waals surface area contributed by atoms with Crippen molar-refractivity contribution in [3.8, 4) is 0 Å². The molecule has 0 amide bonds. The molecule has 58 heavy (non-hydrogen) atoms. The zero-order chi connectivity index (χ0) is 39.1. The van der Waals surface area contributed by atoms with E-state index in [1.807, 2.05) is 82.6 Å². The maximum Gasteiger partial charge on any atom is 0.138 e. The Bertz CT molecular complexity index is 3060. The van der Waals surface area contributed by atoms with Crippen LogP contribution in [0.2, 0.25) is 0 Å². The van der Waals surface area contributed by atoms with Crippen LogP contribution >= 0.6 is 0 Å². The molecule has 4 nitrogen and oxygen atoms in total. The molecule has 9 aromatic carbocycles. The molecule has 8 heteroatoms. The second kappa shape index (κ2) is 13.0. The topological polar surface area (TPSA) is 32.8 Å². The molecule has 278 valence electrons. The summed E-state index contributed by atoms with van der Waals surface area (Å²) in [5.74, 6) is -1.45. The lowest BCUT2D eigenvalue weighted by Crippen LogP contribution is -2.10. The maximum absolute atomic E-state index is 14.2. The van der Waals surface area contributed by atoms with E-state index in [0.29, 0.717) is 45.1 Å². The fraction of sp³-hybridized carbons (Fsp3) is 0. The monoisotopic (exact) mass is 764 g/mol. The molecule has 11 rings (SSSR count). The summed E-state index contributed by atoms with van der Waals surface area (Å²) >= 11 is 0. The number of nitrogens with zero attached hydrogens (tertiary/aromatic N) is 2. The molecule has 0 saturated carbocycles. The molecule has 2 heterocycles. The zero-order valence-corrected chi connectivity index (χ0v) is 30.4. The van der Waals surface area contributed by atoms with E-state index < -0.39 is 0 Å². The van der Waals surface area contributed by atoms with Crippen molar-refractivity contribution in [1.29, 1.82) is 0 Å². The Hall–Kier alpha value is -7.58. The lowest BCUT2D eigenvalue weighted by molar-refractivity contribution is 0.627. The number of hydrogen-bond donors (Lipinski definition) is 0. The van der Waals surface area contributed by atoms with Crippen molar-refractivity contribution in [3.63, 3.8) is 0 Å². The van der Waals surface area contributed by atoms with Gasteiger partial charge in [0.1, 0.15) is 45.6 Å². The van der Waals surface area contributed by atoms with Gasteiger partial charge in [-0.3, -0.25) is 0 Å². The molecule has 0 fully saturated rings. The number of hydrogen-bond acceptors (Lipinski definition) is 4. The molecule has 0 unspecified atom stereocenters. The first kappa shape index (κ1) is 33.7. The number of rotatable bonds is 6. The summed E-state index contributed by atoms with van der Waals surface area (Å²) in [6.45, 7) is 0. The Kier molecular flexibility index (Phi) is 7.56. The summed E-state index contributed by atoms with van der Waals surface area (Å²) in [6, 6.07) is 48.9. The average Bonchev–Trinajstić information content (AvgIpc) is 3.80. The standard InChI is InChI=1S/C50H28F4N2O2/c51-29-9-17-33(18-10-29)55(34-19-11-30(52)12-20-34)43-27-47-49(39-7-3-1-5-37(39)43)41-25-46-42(26-45(41)57-47)50-40-8-4-2-6-38(40)44(28-48(50)58-46)56(35-21-13-31(53)14-22-35)36-23-15-32(54)16-24-36/h1-28H. The molecule has 2 aromatic heterocycles. The first-order valence-electron chi connectivity index (χ1n) is 18.7. The summed E-state index contributed by atoms with van der Waals surface area (Å²) in [4.78, 5) is 3.94. The Morgan fingerprint density at radius 1 is 0.293 bits per heavy atom. The van der Waals surface area contributed by atoms with Gasteiger partial charge in [-0.25, -0.2) is 17.6 Å². The van der Waals surface area contributed by atoms with Gasteiger partial charge in [-0.1, -0.05) is 48.5 Å². The van der Waals surface area contributed by atoms with E-state index >= 15 is 0 Å². The third-order valence-corrected chi connectivity index (χ3v) is 10.9. The highest BCUT2D eigenvalue weighted by Crippen LogP contribution is 2.48. The normalized spacial score (nSPS) is 11.8. The number of halogens is 4. The van der Waals surface area contributed by atoms with Crippen molar-refractivity contribution in [3.05, 3.63) is 193 Å². The second-order valence-corrected chi connectivity index (χ2v) is 14.3. The maximum atomic E-state index is 14.2. The third kappa shape index (κ3) is 5.37. The van der Waals surface area contributed by atoms with E-state index in [9.17, 15) is 17.6 Å². The van der Waals surface area contributed by atoms with Crippen LogP contribution in [0.4, 0.5) is 51.7 Å². The second-order valence-electron chi connectivity index (χ2n) is 14.3. The van der Waals surface area contributed by atoms with Crippen LogP contribution in [0.25, 0.3) is 65.4 Å². The van der Waals surface area contributed by atoms with E-state index in [1.165, 1.54) is 48.5 Å². The van der Waals surface area contributed by atoms with Crippen LogP contribution in [-0.2, 0) is 0 Å². The van der Waals surface area contributed by atoms with Gasteiger partial charge in [0.2, 0.25) is 0 Å². The Labute approximate surface area is 328 Å². The van der Waals surface area contributed by atoms with Crippen LogP contribution in [0, 0.1) is 23.3 Å². The highest BCUT2D eigenvalue weighted by atomic mass is 19.1. The first-order chi connectivity index (χ1) is 28.4. The lowest BCUT2D eigenvalue weighted by Gasteiger charge is -2.27. The highest BCUT2D eigenvalue weighted by molar-refractivity contribution is 6.27. The zero-order valence-electron chi connectivity index (χ0n) is 30.4. The summed E-state index contributed by atoms with van der Waals surface area (Å²) in [6.07, 6.45) is 0. The number of furan rings is 2. The molecule has 0 aliphatic heterocycles. The predicted molar refractivity (Wildman–Crippen MR) is 225 cm³/mol. The van der Waals surface area contributed by atoms with Crippen LogP contribution in [0.15, 0.2) is 179 Å². The van der Waals surface area contributed by atoms with Gasteiger partial charge >= 0.3 is 0 Å². The summed E-state index contributed by atoms with van der Waals surface area (Å²) in [5.41, 5.74) is 6.93. The van der Waals surface area contributed by atoms with Crippen LogP contribution in [0.5, 0.6) is 0 Å². The largest absolute Gasteiger partial charge is 0.456 e. The van der Waals surface area contributed by atoms with Crippen molar-refractivity contribution < 1.29 is 26.4 Å². The predicted octanol–water partition coefficient (Wildman–Crippen LogP) is 15.3. The first-order valence-corrected chi connectivity index (χ1v) is 18.7. The van der Waals surface area contributed by atoms with E-state index in [2.05, 4.69) is 0 Å². The van der Waals surface area contributed by atoms with Crippen molar-refractivity contribution in [2.24, 2.45) is 0 Å². The molecule has 0 bridgehead atoms. The molecule has 0 radical (unpaired) electrons. The smallest absolute Gasteiger partial charge is 0.138 e. The van der Waals surface area contributed by atoms with Crippen molar-refractivity contribution in [2.75, 3.05) is 9.80 Å². The molecule has 0 saturated heterocycles. The molecule has 0 N–H and O–H groups in total. The molecule has 0 aliphatic carbocycles. The van der Waals surface area contributed by atoms with Gasteiger partial charge in [-0.05, 0) is 120 Å². The summed E-state index contributed by atoms with van der Waals surface area (Å²) < 4.78 is 70.1. The molecular formula is C50H28F4N2O2. The van der Waals surface area contributed by atoms with Crippen molar-refractivity contribution in [1.82, 2.24) is 0 Å². The van der Waals surface area contributed by atoms with Gasteiger partial charge in [0.05, 0.1) is 11.4 Å². The Morgan fingerprint density at radius 2 is 0.586 bits per heavy atom. The van der Waals surface area contributed by atoms with Crippen LogP contribution in [-0.4, -0.2) is 0 Å². The van der Waals surface area contributed by atoms with E-state index in [0.717, 1.165) is 54.5 Å². The quantitative estimate of drug-likeness (QED) is 0.158. The van der Waals surface area contributed by atoms with Crippen LogP contribution < -0.4 is 9.80 Å². The fourth-order valence-electron chi connectivity index (χ4n) is 8.32. The average molecular weight is 765 g/mol. The Morgan fingerprint density at radius 3 is 0.897 bits per heavy atom. The van der Waals surface area contributed by atoms with Crippen molar-refractivity contribution in [2.45, 2.75) is 0 Å². The molecule has 0 atom stereocenters. The lowest BCUT2D eigenvalue weighted by atomic mass is 9.99. The highest BCUT2D eigenvalue weighted by Gasteiger charge is 2.24. The molecule has 0 aliphatic rings. The minimum Gasteiger partial charge on any atom is -0.456 e. The van der Waals surface area contributed by atoms with Gasteiger partial charge in [-0.15, -0.1) is 0 Å². The number of fused-ring (bicyclic) bond motifs is 10. The van der Waals surface area contributed by atoms with E-state index in [1.54, 1.807) is 48.5 Å². The van der Waals surface area contributed by atoms with Crippen LogP contribution in [0.3, 0.4) is 0 Å². The molecule has 0 spiro atoms.